The highest BCUT2D eigenvalue weighted by Gasteiger charge is 2.29. The van der Waals surface area contributed by atoms with Crippen LogP contribution in [0.1, 0.15) is 25.7 Å². The van der Waals surface area contributed by atoms with Crippen molar-refractivity contribution in [2.75, 3.05) is 45.2 Å². The van der Waals surface area contributed by atoms with Gasteiger partial charge in [-0.1, -0.05) is 11.6 Å². The van der Waals surface area contributed by atoms with E-state index in [9.17, 15) is 14.4 Å². The number of piperidine rings is 1. The first-order valence-electron chi connectivity index (χ1n) is 9.79. The van der Waals surface area contributed by atoms with Gasteiger partial charge in [0.15, 0.2) is 0 Å². The molecule has 0 unspecified atom stereocenters. The number of amides is 3. The molecule has 0 radical (unpaired) electrons. The largest absolute Gasteiger partial charge is 0.495 e. The van der Waals surface area contributed by atoms with Crippen molar-refractivity contribution >= 4 is 35.2 Å². The third-order valence-corrected chi connectivity index (χ3v) is 5.49. The van der Waals surface area contributed by atoms with Crippen LogP contribution < -0.4 is 10.1 Å². The third kappa shape index (κ3) is 5.76. The highest BCUT2D eigenvalue weighted by molar-refractivity contribution is 6.31. The van der Waals surface area contributed by atoms with Gasteiger partial charge in [-0.25, -0.2) is 4.79 Å². The minimum absolute atomic E-state index is 0.0562. The molecule has 0 bridgehead atoms. The van der Waals surface area contributed by atoms with E-state index in [1.165, 1.54) is 12.0 Å². The predicted molar refractivity (Wildman–Crippen MR) is 108 cm³/mol. The molecule has 3 amide bonds. The molecule has 0 aromatic heterocycles. The molecule has 1 atom stereocenters. The van der Waals surface area contributed by atoms with Crippen LogP contribution in [0.5, 0.6) is 5.75 Å². The van der Waals surface area contributed by atoms with Gasteiger partial charge in [0.2, 0.25) is 11.8 Å². The number of ether oxygens (including phenoxy) is 2. The lowest BCUT2D eigenvalue weighted by molar-refractivity contribution is -0.133. The Labute approximate surface area is 175 Å². The first kappa shape index (κ1) is 21.2. The number of nitrogens with zero attached hydrogens (tertiary/aromatic N) is 2. The summed E-state index contributed by atoms with van der Waals surface area (Å²) in [6.45, 7) is 2.14. The van der Waals surface area contributed by atoms with Gasteiger partial charge in [-0.05, 0) is 43.4 Å². The maximum Gasteiger partial charge on any atom is 0.410 e. The lowest BCUT2D eigenvalue weighted by atomic mass is 9.93. The van der Waals surface area contributed by atoms with Gasteiger partial charge in [-0.3, -0.25) is 14.5 Å². The molecule has 1 aromatic carbocycles. The SMILES string of the molecule is COc1ccc(Cl)cc1NC(=O)CC[C@H]1CCCN(C(=O)CN2CCOC2=O)C1. The van der Waals surface area contributed by atoms with Crippen LogP contribution in [0.25, 0.3) is 0 Å². The third-order valence-electron chi connectivity index (χ3n) is 5.26. The van der Waals surface area contributed by atoms with Crippen LogP contribution in [0.3, 0.4) is 0 Å². The van der Waals surface area contributed by atoms with Gasteiger partial charge in [-0.2, -0.15) is 0 Å². The van der Waals surface area contributed by atoms with Gasteiger partial charge in [0.1, 0.15) is 18.9 Å². The fraction of sp³-hybridized carbons (Fsp3) is 0.550. The second kappa shape index (κ2) is 9.82. The Balaban J connectivity index is 1.46. The zero-order valence-corrected chi connectivity index (χ0v) is 17.2. The Kier molecular flexibility index (Phi) is 7.19. The van der Waals surface area contributed by atoms with Gasteiger partial charge >= 0.3 is 6.09 Å². The van der Waals surface area contributed by atoms with Crippen LogP contribution in [0.15, 0.2) is 18.2 Å². The molecule has 158 valence electrons. The number of rotatable bonds is 7. The molecule has 2 aliphatic rings. The molecule has 29 heavy (non-hydrogen) atoms. The molecule has 3 rings (SSSR count). The minimum Gasteiger partial charge on any atom is -0.495 e. The quantitative estimate of drug-likeness (QED) is 0.728. The van der Waals surface area contributed by atoms with Crippen LogP contribution in [0, 0.1) is 5.92 Å². The molecule has 2 fully saturated rings. The summed E-state index contributed by atoms with van der Waals surface area (Å²) < 4.78 is 10.1. The molecule has 8 nitrogen and oxygen atoms in total. The monoisotopic (exact) mass is 423 g/mol. The Morgan fingerprint density at radius 1 is 1.34 bits per heavy atom. The Morgan fingerprint density at radius 3 is 2.90 bits per heavy atom. The van der Waals surface area contributed by atoms with E-state index in [0.717, 1.165) is 12.8 Å². The summed E-state index contributed by atoms with van der Waals surface area (Å²) in [5.41, 5.74) is 0.544. The molecule has 0 saturated carbocycles. The Morgan fingerprint density at radius 2 is 2.17 bits per heavy atom. The fourth-order valence-electron chi connectivity index (χ4n) is 3.69. The number of halogens is 1. The van der Waals surface area contributed by atoms with Crippen molar-refractivity contribution in [2.24, 2.45) is 5.92 Å². The van der Waals surface area contributed by atoms with Crippen molar-refractivity contribution in [3.8, 4) is 5.75 Å². The van der Waals surface area contributed by atoms with Crippen LogP contribution in [0.4, 0.5) is 10.5 Å². The van der Waals surface area contributed by atoms with E-state index >= 15 is 0 Å². The van der Waals surface area contributed by atoms with Crippen molar-refractivity contribution in [1.82, 2.24) is 9.80 Å². The fourth-order valence-corrected chi connectivity index (χ4v) is 3.86. The van der Waals surface area contributed by atoms with E-state index in [2.05, 4.69) is 5.32 Å². The molecule has 0 aliphatic carbocycles. The lowest BCUT2D eigenvalue weighted by Crippen LogP contribution is -2.45. The predicted octanol–water partition coefficient (Wildman–Crippen LogP) is 2.76. The summed E-state index contributed by atoms with van der Waals surface area (Å²) in [6.07, 6.45) is 2.47. The number of cyclic esters (lactones) is 1. The number of benzene rings is 1. The number of hydrogen-bond donors (Lipinski definition) is 1. The van der Waals surface area contributed by atoms with Crippen molar-refractivity contribution in [2.45, 2.75) is 25.7 Å². The average molecular weight is 424 g/mol. The van der Waals surface area contributed by atoms with E-state index in [0.29, 0.717) is 55.5 Å². The standard InChI is InChI=1S/C20H26ClN3O5/c1-28-17-6-5-15(21)11-16(17)22-18(25)7-4-14-3-2-8-23(12-14)19(26)13-24-9-10-29-20(24)27/h5-6,11,14H,2-4,7-10,12-13H2,1H3,(H,22,25)/t14-/m1/s1. The average Bonchev–Trinajstić information content (AvgIpc) is 3.11. The second-order valence-electron chi connectivity index (χ2n) is 7.32. The molecule has 2 heterocycles. The highest BCUT2D eigenvalue weighted by atomic mass is 35.5. The first-order chi connectivity index (χ1) is 14.0. The number of hydrogen-bond acceptors (Lipinski definition) is 5. The second-order valence-corrected chi connectivity index (χ2v) is 7.75. The molecule has 1 N–H and O–H groups in total. The smallest absolute Gasteiger partial charge is 0.410 e. The van der Waals surface area contributed by atoms with E-state index in [4.69, 9.17) is 21.1 Å². The van der Waals surface area contributed by atoms with E-state index in [-0.39, 0.29) is 24.3 Å². The number of carbonyl (C=O) groups is 3. The number of likely N-dealkylation sites (tertiary alicyclic amines) is 1. The van der Waals surface area contributed by atoms with Crippen LogP contribution >= 0.6 is 11.6 Å². The molecular formula is C20H26ClN3O5. The molecule has 1 aromatic rings. The number of nitrogens with one attached hydrogen (secondary N) is 1. The van der Waals surface area contributed by atoms with Crippen molar-refractivity contribution < 1.29 is 23.9 Å². The van der Waals surface area contributed by atoms with E-state index in [1.807, 2.05) is 0 Å². The summed E-state index contributed by atoms with van der Waals surface area (Å²) in [6, 6.07) is 5.06. The maximum absolute atomic E-state index is 12.5. The highest BCUT2D eigenvalue weighted by Crippen LogP contribution is 2.28. The molecule has 9 heteroatoms. The van der Waals surface area contributed by atoms with Crippen LogP contribution in [-0.4, -0.2) is 67.6 Å². The minimum atomic E-state index is -0.431. The summed E-state index contributed by atoms with van der Waals surface area (Å²) in [4.78, 5) is 39.6. The Hall–Kier alpha value is -2.48. The Bertz CT molecular complexity index is 772. The maximum atomic E-state index is 12.5. The van der Waals surface area contributed by atoms with Gasteiger partial charge in [0.05, 0.1) is 19.3 Å². The summed E-state index contributed by atoms with van der Waals surface area (Å²) >= 11 is 5.99. The zero-order valence-electron chi connectivity index (χ0n) is 16.5. The number of carbonyl (C=O) groups excluding carboxylic acids is 3. The van der Waals surface area contributed by atoms with Gasteiger partial charge in [0.25, 0.3) is 0 Å². The summed E-state index contributed by atoms with van der Waals surface area (Å²) in [5.74, 6) is 0.623. The van der Waals surface area contributed by atoms with Gasteiger partial charge in [0, 0.05) is 24.5 Å². The van der Waals surface area contributed by atoms with Gasteiger partial charge in [-0.15, -0.1) is 0 Å². The van der Waals surface area contributed by atoms with Crippen LogP contribution in [-0.2, 0) is 14.3 Å². The van der Waals surface area contributed by atoms with Crippen molar-refractivity contribution in [3.05, 3.63) is 23.2 Å². The topological polar surface area (TPSA) is 88.2 Å². The van der Waals surface area contributed by atoms with Crippen LogP contribution in [0.2, 0.25) is 5.02 Å². The zero-order chi connectivity index (χ0) is 20.8. The molecule has 2 saturated heterocycles. The molecular weight excluding hydrogens is 398 g/mol. The lowest BCUT2D eigenvalue weighted by Gasteiger charge is -2.33. The summed E-state index contributed by atoms with van der Waals surface area (Å²) in [7, 11) is 1.54. The molecule has 0 spiro atoms. The summed E-state index contributed by atoms with van der Waals surface area (Å²) in [5, 5.41) is 3.36. The number of methoxy groups -OCH3 is 1. The van der Waals surface area contributed by atoms with Gasteiger partial charge < -0.3 is 19.7 Å². The number of anilines is 1. The molecule has 2 aliphatic heterocycles. The van der Waals surface area contributed by atoms with Crippen molar-refractivity contribution in [3.63, 3.8) is 0 Å². The van der Waals surface area contributed by atoms with Crippen molar-refractivity contribution in [1.29, 1.82) is 0 Å². The normalized spacial score (nSPS) is 19.1. The van der Waals surface area contributed by atoms with E-state index in [1.54, 1.807) is 23.1 Å². The first-order valence-corrected chi connectivity index (χ1v) is 10.2. The van der Waals surface area contributed by atoms with E-state index < -0.39 is 6.09 Å².